The maximum absolute atomic E-state index is 5.11. The third kappa shape index (κ3) is 4.29. The summed E-state index contributed by atoms with van der Waals surface area (Å²) in [6.07, 6.45) is 3.02. The fourth-order valence-electron chi connectivity index (χ4n) is 7.24. The fraction of sp³-hybridized carbons (Fsp3) is 0.0714. The van der Waals surface area contributed by atoms with Crippen LogP contribution in [-0.2, 0) is 6.42 Å². The van der Waals surface area contributed by atoms with Crippen LogP contribution < -0.4 is 4.90 Å². The van der Waals surface area contributed by atoms with E-state index in [1.54, 1.807) is 0 Å². The Bertz CT molecular complexity index is 2300. The van der Waals surface area contributed by atoms with E-state index in [2.05, 4.69) is 162 Å². The van der Waals surface area contributed by atoms with E-state index in [1.165, 1.54) is 42.8 Å². The number of rotatable bonds is 5. The number of para-hydroxylation sites is 3. The van der Waals surface area contributed by atoms with Crippen LogP contribution in [0.5, 0.6) is 0 Å². The average molecular weight is 610 g/mol. The minimum atomic E-state index is 0.353. The molecular formula is C42H31N3S. The summed E-state index contributed by atoms with van der Waals surface area (Å²) in [6, 6.07) is 52.1. The maximum Gasteiger partial charge on any atom is 0.100 e. The highest BCUT2D eigenvalue weighted by molar-refractivity contribution is 7.22. The first-order valence-corrected chi connectivity index (χ1v) is 16.7. The van der Waals surface area contributed by atoms with Crippen molar-refractivity contribution in [3.05, 3.63) is 163 Å². The van der Waals surface area contributed by atoms with Crippen LogP contribution in [0.3, 0.4) is 0 Å². The fourth-order valence-corrected chi connectivity index (χ4v) is 8.54. The molecule has 4 heteroatoms. The summed E-state index contributed by atoms with van der Waals surface area (Å²) in [5.41, 5.74) is 13.4. The Kier molecular flexibility index (Phi) is 6.36. The molecule has 6 aromatic carbocycles. The Morgan fingerprint density at radius 1 is 0.696 bits per heavy atom. The SMILES string of the molecule is CC1Cc2c(sc3ccccc23)-c2c1c(-c1ccc(N(c3ccccc3)c3ccccc3)cc1)cc1c2ncn1-c1ccccc1. The number of aromatic nitrogens is 2. The molecule has 2 aromatic heterocycles. The van der Waals surface area contributed by atoms with E-state index in [0.29, 0.717) is 5.92 Å². The summed E-state index contributed by atoms with van der Waals surface area (Å²) in [4.78, 5) is 8.80. The second-order valence-electron chi connectivity index (χ2n) is 12.1. The van der Waals surface area contributed by atoms with Gasteiger partial charge < -0.3 is 4.90 Å². The summed E-state index contributed by atoms with van der Waals surface area (Å²) >= 11 is 1.91. The van der Waals surface area contributed by atoms with Crippen LogP contribution in [-0.4, -0.2) is 9.55 Å². The molecule has 0 amide bonds. The monoisotopic (exact) mass is 609 g/mol. The molecule has 1 unspecified atom stereocenters. The van der Waals surface area contributed by atoms with Crippen molar-refractivity contribution in [2.45, 2.75) is 19.3 Å². The first-order chi connectivity index (χ1) is 22.7. The van der Waals surface area contributed by atoms with Gasteiger partial charge in [0.05, 0.1) is 11.0 Å². The molecule has 9 rings (SSSR count). The zero-order valence-corrected chi connectivity index (χ0v) is 26.3. The minimum Gasteiger partial charge on any atom is -0.311 e. The van der Waals surface area contributed by atoms with Gasteiger partial charge in [0.25, 0.3) is 0 Å². The molecule has 1 atom stereocenters. The van der Waals surface area contributed by atoms with Crippen LogP contribution in [0.2, 0.25) is 0 Å². The van der Waals surface area contributed by atoms with Crippen molar-refractivity contribution < 1.29 is 0 Å². The Morgan fingerprint density at radius 2 is 1.30 bits per heavy atom. The van der Waals surface area contributed by atoms with E-state index >= 15 is 0 Å². The van der Waals surface area contributed by atoms with E-state index in [1.807, 2.05) is 17.7 Å². The molecule has 2 heterocycles. The summed E-state index contributed by atoms with van der Waals surface area (Å²) < 4.78 is 3.59. The predicted octanol–water partition coefficient (Wildman–Crippen LogP) is 11.7. The van der Waals surface area contributed by atoms with E-state index < -0.39 is 0 Å². The van der Waals surface area contributed by atoms with Gasteiger partial charge in [-0.15, -0.1) is 11.3 Å². The van der Waals surface area contributed by atoms with Gasteiger partial charge in [0, 0.05) is 37.9 Å². The second-order valence-corrected chi connectivity index (χ2v) is 13.1. The largest absolute Gasteiger partial charge is 0.311 e. The van der Waals surface area contributed by atoms with Gasteiger partial charge in [-0.25, -0.2) is 4.98 Å². The quantitative estimate of drug-likeness (QED) is 0.194. The van der Waals surface area contributed by atoms with Crippen LogP contribution in [0, 0.1) is 0 Å². The van der Waals surface area contributed by atoms with Gasteiger partial charge in [-0.2, -0.15) is 0 Å². The normalized spacial score (nSPS) is 13.9. The van der Waals surface area contributed by atoms with Crippen molar-refractivity contribution in [2.24, 2.45) is 0 Å². The molecule has 1 aliphatic carbocycles. The lowest BCUT2D eigenvalue weighted by atomic mass is 9.78. The van der Waals surface area contributed by atoms with Crippen LogP contribution in [0.15, 0.2) is 152 Å². The summed E-state index contributed by atoms with van der Waals surface area (Å²) in [5, 5.41) is 1.38. The molecule has 0 saturated heterocycles. The standard InChI is InChI=1S/C42H31N3S/c1-28-25-36-34-19-11-12-20-38(34)46-42(36)40-39(28)35(26-37-41(40)43-27-44(37)30-13-5-2-6-14-30)29-21-23-33(24-22-29)45(31-15-7-3-8-16-31)32-17-9-4-10-18-32/h2-24,26-28H,25H2,1H3. The van der Waals surface area contributed by atoms with Crippen molar-refractivity contribution in [1.29, 1.82) is 0 Å². The van der Waals surface area contributed by atoms with Crippen molar-refractivity contribution >= 4 is 49.5 Å². The first-order valence-electron chi connectivity index (χ1n) is 15.9. The van der Waals surface area contributed by atoms with Crippen LogP contribution in [0.25, 0.3) is 48.4 Å². The summed E-state index contributed by atoms with van der Waals surface area (Å²) in [6.45, 7) is 2.39. The second kappa shape index (κ2) is 10.9. The van der Waals surface area contributed by atoms with Gasteiger partial charge in [-0.3, -0.25) is 4.57 Å². The van der Waals surface area contributed by atoms with Gasteiger partial charge in [0.2, 0.25) is 0 Å². The van der Waals surface area contributed by atoms with Crippen LogP contribution >= 0.6 is 11.3 Å². The van der Waals surface area contributed by atoms with E-state index in [4.69, 9.17) is 4.98 Å². The van der Waals surface area contributed by atoms with Crippen molar-refractivity contribution in [3.63, 3.8) is 0 Å². The van der Waals surface area contributed by atoms with Crippen molar-refractivity contribution in [2.75, 3.05) is 4.90 Å². The zero-order valence-electron chi connectivity index (χ0n) is 25.5. The molecule has 0 N–H and O–H groups in total. The lowest BCUT2D eigenvalue weighted by Gasteiger charge is -2.28. The van der Waals surface area contributed by atoms with Gasteiger partial charge in [0.15, 0.2) is 0 Å². The predicted molar refractivity (Wildman–Crippen MR) is 194 cm³/mol. The highest BCUT2D eigenvalue weighted by Gasteiger charge is 2.31. The van der Waals surface area contributed by atoms with Gasteiger partial charge in [-0.05, 0) is 101 Å². The molecule has 1 aliphatic rings. The Morgan fingerprint density at radius 3 is 2.00 bits per heavy atom. The Balaban J connectivity index is 1.27. The van der Waals surface area contributed by atoms with Gasteiger partial charge >= 0.3 is 0 Å². The highest BCUT2D eigenvalue weighted by atomic mass is 32.1. The number of fused-ring (bicyclic) bond motifs is 7. The lowest BCUT2D eigenvalue weighted by molar-refractivity contribution is 0.759. The average Bonchev–Trinajstić information content (AvgIpc) is 3.71. The Labute approximate surface area is 272 Å². The Hall–Kier alpha value is -5.45. The van der Waals surface area contributed by atoms with E-state index in [0.717, 1.165) is 40.2 Å². The van der Waals surface area contributed by atoms with Crippen molar-refractivity contribution in [3.8, 4) is 27.3 Å². The number of hydrogen-bond donors (Lipinski definition) is 0. The van der Waals surface area contributed by atoms with Gasteiger partial charge in [-0.1, -0.05) is 91.9 Å². The molecule has 0 radical (unpaired) electrons. The number of anilines is 3. The smallest absolute Gasteiger partial charge is 0.100 e. The topological polar surface area (TPSA) is 21.1 Å². The number of imidazole rings is 1. The number of benzene rings is 6. The molecular weight excluding hydrogens is 579 g/mol. The molecule has 8 aromatic rings. The molecule has 0 bridgehead atoms. The number of nitrogens with zero attached hydrogens (tertiary/aromatic N) is 3. The van der Waals surface area contributed by atoms with Gasteiger partial charge in [0.1, 0.15) is 6.33 Å². The molecule has 0 spiro atoms. The molecule has 220 valence electrons. The summed E-state index contributed by atoms with van der Waals surface area (Å²) in [7, 11) is 0. The van der Waals surface area contributed by atoms with Crippen molar-refractivity contribution in [1.82, 2.24) is 9.55 Å². The van der Waals surface area contributed by atoms with Crippen LogP contribution in [0.1, 0.15) is 24.0 Å². The number of thiophene rings is 1. The minimum absolute atomic E-state index is 0.353. The lowest BCUT2D eigenvalue weighted by Crippen LogP contribution is -2.10. The molecule has 3 nitrogen and oxygen atoms in total. The molecule has 46 heavy (non-hydrogen) atoms. The molecule has 0 saturated carbocycles. The van der Waals surface area contributed by atoms with E-state index in [9.17, 15) is 0 Å². The molecule has 0 aliphatic heterocycles. The number of hydrogen-bond acceptors (Lipinski definition) is 3. The summed E-state index contributed by atoms with van der Waals surface area (Å²) in [5.74, 6) is 0.353. The first kappa shape index (κ1) is 26.9. The zero-order chi connectivity index (χ0) is 30.6. The third-order valence-electron chi connectivity index (χ3n) is 9.31. The maximum atomic E-state index is 5.11. The third-order valence-corrected chi connectivity index (χ3v) is 10.5. The van der Waals surface area contributed by atoms with E-state index in [-0.39, 0.29) is 0 Å². The van der Waals surface area contributed by atoms with Crippen LogP contribution in [0.4, 0.5) is 17.1 Å². The highest BCUT2D eigenvalue weighted by Crippen LogP contribution is 2.53. The molecule has 0 fully saturated rings.